The smallest absolute Gasteiger partial charge is 0.341 e. The molecule has 1 saturated heterocycles. The maximum Gasteiger partial charge on any atom is 0.341 e. The van der Waals surface area contributed by atoms with Crippen LogP contribution in [0, 0.1) is 0 Å². The average Bonchev–Trinajstić information content (AvgIpc) is 2.70. The van der Waals surface area contributed by atoms with Crippen LogP contribution in [-0.4, -0.2) is 93.5 Å². The first-order valence-electron chi connectivity index (χ1n) is 8.97. The molecule has 1 atom stereocenters. The quantitative estimate of drug-likeness (QED) is 0.543. The molecule has 0 amide bonds. The first kappa shape index (κ1) is 22.5. The summed E-state index contributed by atoms with van der Waals surface area (Å²) in [4.78, 5) is 17.6. The topological polar surface area (TPSA) is 119 Å². The number of pyridine rings is 1. The van der Waals surface area contributed by atoms with Crippen LogP contribution in [0.4, 0.5) is 0 Å². The minimum atomic E-state index is -3.84. The minimum absolute atomic E-state index is 0.173. The van der Waals surface area contributed by atoms with Crippen LogP contribution in [-0.2, 0) is 19.5 Å². The molecule has 2 rings (SSSR count). The largest absolute Gasteiger partial charge is 0.477 e. The Balaban J connectivity index is 2.25. The van der Waals surface area contributed by atoms with Gasteiger partial charge in [0.05, 0.1) is 12.8 Å². The van der Waals surface area contributed by atoms with E-state index >= 15 is 0 Å². The Hall–Kier alpha value is -1.79. The number of hydrogen-bond donors (Lipinski definition) is 1. The molecule has 0 bridgehead atoms. The number of carboxylic acids is 1. The molecule has 0 aliphatic carbocycles. The molecule has 1 aromatic rings. The summed E-state index contributed by atoms with van der Waals surface area (Å²) in [6.45, 7) is 5.17. The number of carbonyl (C=O) groups is 1. The van der Waals surface area contributed by atoms with Crippen molar-refractivity contribution in [1.82, 2.24) is 14.2 Å². The third-order valence-corrected chi connectivity index (χ3v) is 6.40. The van der Waals surface area contributed by atoms with Crippen molar-refractivity contribution < 1.29 is 32.5 Å². The third kappa shape index (κ3) is 5.39. The van der Waals surface area contributed by atoms with Crippen LogP contribution in [0.5, 0.6) is 5.88 Å². The van der Waals surface area contributed by atoms with Crippen molar-refractivity contribution in [2.45, 2.75) is 24.5 Å². The molecule has 28 heavy (non-hydrogen) atoms. The van der Waals surface area contributed by atoms with E-state index in [-0.39, 0.29) is 16.3 Å². The van der Waals surface area contributed by atoms with Crippen molar-refractivity contribution >= 4 is 16.0 Å². The van der Waals surface area contributed by atoms with Crippen LogP contribution in [0.3, 0.4) is 0 Å². The molecule has 10 nitrogen and oxygen atoms in total. The van der Waals surface area contributed by atoms with E-state index in [0.717, 1.165) is 18.8 Å². The lowest BCUT2D eigenvalue weighted by molar-refractivity contribution is -0.0713. The van der Waals surface area contributed by atoms with Crippen molar-refractivity contribution in [3.63, 3.8) is 0 Å². The third-order valence-electron chi connectivity index (χ3n) is 4.54. The second kappa shape index (κ2) is 10.1. The maximum atomic E-state index is 12.9. The highest BCUT2D eigenvalue weighted by Crippen LogP contribution is 2.24. The van der Waals surface area contributed by atoms with E-state index < -0.39 is 22.3 Å². The van der Waals surface area contributed by atoms with Gasteiger partial charge in [0.2, 0.25) is 22.2 Å². The summed E-state index contributed by atoms with van der Waals surface area (Å²) in [5.41, 5.74) is -0.340. The fourth-order valence-corrected chi connectivity index (χ4v) is 4.21. The lowest BCUT2D eigenvalue weighted by atomic mass is 10.3. The predicted octanol–water partition coefficient (Wildman–Crippen LogP) is 0.494. The molecule has 0 saturated carbocycles. The molecule has 11 heteroatoms. The molecule has 1 unspecified atom stereocenters. The van der Waals surface area contributed by atoms with E-state index in [0.29, 0.717) is 39.2 Å². The lowest BCUT2D eigenvalue weighted by Gasteiger charge is -2.33. The second-order valence-corrected chi connectivity index (χ2v) is 8.17. The van der Waals surface area contributed by atoms with Gasteiger partial charge < -0.3 is 24.2 Å². The van der Waals surface area contributed by atoms with Crippen LogP contribution in [0.2, 0.25) is 0 Å². The summed E-state index contributed by atoms with van der Waals surface area (Å²) in [7, 11) is -0.907. The van der Waals surface area contributed by atoms with Gasteiger partial charge in [-0.3, -0.25) is 0 Å². The molecule has 158 valence electrons. The highest BCUT2D eigenvalue weighted by molar-refractivity contribution is 7.89. The number of aromatic carboxylic acids is 1. The summed E-state index contributed by atoms with van der Waals surface area (Å²) in [5, 5.41) is 9.49. The second-order valence-electron chi connectivity index (χ2n) is 6.23. The van der Waals surface area contributed by atoms with E-state index in [1.807, 2.05) is 6.92 Å². The van der Waals surface area contributed by atoms with Gasteiger partial charge in [-0.1, -0.05) is 6.92 Å². The number of piperazine rings is 1. The fourth-order valence-electron chi connectivity index (χ4n) is 2.82. The summed E-state index contributed by atoms with van der Waals surface area (Å²) >= 11 is 0. The van der Waals surface area contributed by atoms with Crippen LogP contribution < -0.4 is 4.74 Å². The molecular formula is C17H27N3O7S. The molecule has 1 aliphatic rings. The van der Waals surface area contributed by atoms with E-state index in [1.54, 1.807) is 0 Å². The van der Waals surface area contributed by atoms with Gasteiger partial charge in [0, 0.05) is 46.8 Å². The zero-order valence-electron chi connectivity index (χ0n) is 16.3. The summed E-state index contributed by atoms with van der Waals surface area (Å²) < 4.78 is 42.7. The number of hydrogen-bond acceptors (Lipinski definition) is 8. The zero-order chi connectivity index (χ0) is 20.7. The predicted molar refractivity (Wildman–Crippen MR) is 100.0 cm³/mol. The molecule has 0 radical (unpaired) electrons. The summed E-state index contributed by atoms with van der Waals surface area (Å²) in [6, 6.07) is 1.08. The Bertz CT molecular complexity index is 764. The normalized spacial score (nSPS) is 17.4. The highest BCUT2D eigenvalue weighted by Gasteiger charge is 2.30. The van der Waals surface area contributed by atoms with Crippen LogP contribution in [0.25, 0.3) is 0 Å². The Morgan fingerprint density at radius 3 is 2.50 bits per heavy atom. The molecule has 1 aliphatic heterocycles. The maximum absolute atomic E-state index is 12.9. The van der Waals surface area contributed by atoms with Gasteiger partial charge in [-0.2, -0.15) is 4.31 Å². The van der Waals surface area contributed by atoms with Gasteiger partial charge in [0.1, 0.15) is 10.5 Å². The number of ether oxygens (including phenoxy) is 3. The van der Waals surface area contributed by atoms with E-state index in [1.165, 1.54) is 18.5 Å². The Morgan fingerprint density at radius 2 is 1.96 bits per heavy atom. The van der Waals surface area contributed by atoms with Gasteiger partial charge in [-0.15, -0.1) is 0 Å². The first-order chi connectivity index (χ1) is 13.3. The first-order valence-corrected chi connectivity index (χ1v) is 10.4. The lowest BCUT2D eigenvalue weighted by Crippen LogP contribution is -2.48. The Morgan fingerprint density at radius 1 is 1.29 bits per heavy atom. The number of sulfonamides is 1. The molecule has 1 fully saturated rings. The van der Waals surface area contributed by atoms with Gasteiger partial charge in [0.15, 0.2) is 0 Å². The monoisotopic (exact) mass is 417 g/mol. The van der Waals surface area contributed by atoms with Crippen LogP contribution in [0.1, 0.15) is 23.7 Å². The van der Waals surface area contributed by atoms with E-state index in [4.69, 9.17) is 14.2 Å². The summed E-state index contributed by atoms with van der Waals surface area (Å²) in [5.74, 6) is -1.54. The van der Waals surface area contributed by atoms with Gasteiger partial charge >= 0.3 is 5.97 Å². The molecule has 2 heterocycles. The standard InChI is InChI=1S/C17H27N3O7S/c1-4-19-6-8-20(9-7-19)28(23,24)13-11-14(17(21)22)16(18-12-13)27-15(26-3)5-10-25-2/h11-12,15H,4-10H2,1-3H3,(H,21,22). The highest BCUT2D eigenvalue weighted by atomic mass is 32.2. The average molecular weight is 417 g/mol. The number of likely N-dealkylation sites (N-methyl/N-ethyl adjacent to an activating group) is 1. The number of rotatable bonds is 10. The number of nitrogens with zero attached hydrogens (tertiary/aromatic N) is 3. The molecule has 1 aromatic heterocycles. The van der Waals surface area contributed by atoms with Gasteiger partial charge in [0.25, 0.3) is 0 Å². The molecule has 1 N–H and O–H groups in total. The van der Waals surface area contributed by atoms with Crippen molar-refractivity contribution in [3.05, 3.63) is 17.8 Å². The van der Waals surface area contributed by atoms with E-state index in [9.17, 15) is 18.3 Å². The minimum Gasteiger partial charge on any atom is -0.477 e. The van der Waals surface area contributed by atoms with Crippen molar-refractivity contribution in [1.29, 1.82) is 0 Å². The zero-order valence-corrected chi connectivity index (χ0v) is 17.1. The van der Waals surface area contributed by atoms with Crippen LogP contribution >= 0.6 is 0 Å². The Labute approximate surface area is 165 Å². The SMILES string of the molecule is CCN1CCN(S(=O)(=O)c2cnc(OC(CCOC)OC)c(C(=O)O)c2)CC1. The Kier molecular flexibility index (Phi) is 8.13. The number of methoxy groups -OCH3 is 2. The fraction of sp³-hybridized carbons (Fsp3) is 0.647. The number of aromatic nitrogens is 1. The van der Waals surface area contributed by atoms with Crippen molar-refractivity contribution in [3.8, 4) is 5.88 Å². The molecule has 0 aromatic carbocycles. The van der Waals surface area contributed by atoms with Crippen molar-refractivity contribution in [2.24, 2.45) is 0 Å². The summed E-state index contributed by atoms with van der Waals surface area (Å²) in [6.07, 6.45) is 0.706. The van der Waals surface area contributed by atoms with E-state index in [2.05, 4.69) is 9.88 Å². The van der Waals surface area contributed by atoms with Gasteiger partial charge in [-0.25, -0.2) is 18.2 Å². The molecule has 0 spiro atoms. The van der Waals surface area contributed by atoms with Gasteiger partial charge in [-0.05, 0) is 12.6 Å². The number of carboxylic acid groups (broad SMARTS) is 1. The van der Waals surface area contributed by atoms with Crippen LogP contribution in [0.15, 0.2) is 17.2 Å². The molecular weight excluding hydrogens is 390 g/mol. The van der Waals surface area contributed by atoms with Crippen molar-refractivity contribution in [2.75, 3.05) is 53.6 Å².